The van der Waals surface area contributed by atoms with Gasteiger partial charge in [-0.25, -0.2) is 0 Å². The summed E-state index contributed by atoms with van der Waals surface area (Å²) >= 11 is 5.32. The molecule has 0 saturated carbocycles. The molecule has 0 nitrogen and oxygen atoms in total. The molecule has 4 heteroatoms. The third kappa shape index (κ3) is 22.8. The minimum atomic E-state index is -1.02. The molecule has 0 unspecified atom stereocenters. The summed E-state index contributed by atoms with van der Waals surface area (Å²) in [4.78, 5) is 0. The van der Waals surface area contributed by atoms with E-state index in [0.29, 0.717) is 0 Å². The summed E-state index contributed by atoms with van der Waals surface area (Å²) in [5.41, 5.74) is 0. The number of hydrogen-bond donors (Lipinski definition) is 0. The normalized spacial score (nSPS) is 10.8. The van der Waals surface area contributed by atoms with Gasteiger partial charge in [0, 0.05) is 0 Å². The fraction of sp³-hybridized carbons (Fsp3) is 1.00. The van der Waals surface area contributed by atoms with Crippen molar-refractivity contribution in [3.05, 3.63) is 0 Å². The Bertz CT molecular complexity index is 148. The molecule has 0 rings (SSSR count). The topological polar surface area (TPSA) is 0 Å². The van der Waals surface area contributed by atoms with Crippen LogP contribution in [0.25, 0.3) is 0 Å². The van der Waals surface area contributed by atoms with Gasteiger partial charge in [-0.1, -0.05) is 0 Å². The third-order valence-electron chi connectivity index (χ3n) is 3.37. The second-order valence-electron chi connectivity index (χ2n) is 5.50. The van der Waals surface area contributed by atoms with E-state index in [1.165, 1.54) is 55.8 Å². The van der Waals surface area contributed by atoms with Crippen LogP contribution in [0, 0.1) is 0 Å². The van der Waals surface area contributed by atoms with Crippen molar-refractivity contribution in [2.45, 2.75) is 96.8 Å². The van der Waals surface area contributed by atoms with Crippen LogP contribution in [0.3, 0.4) is 0 Å². The van der Waals surface area contributed by atoms with Crippen LogP contribution in [0.4, 0.5) is 0 Å². The molecule has 0 aromatic rings. The van der Waals surface area contributed by atoms with Gasteiger partial charge in [-0.05, 0) is 0 Å². The molecular weight excluding hydrogens is 589 g/mol. The molecule has 0 aliphatic rings. The summed E-state index contributed by atoms with van der Waals surface area (Å²) in [6.07, 6.45) is 11.6. The summed E-state index contributed by atoms with van der Waals surface area (Å²) in [6.45, 7) is 9.23. The van der Waals surface area contributed by atoms with Gasteiger partial charge in [0.2, 0.25) is 0 Å². The predicted molar refractivity (Wildman–Crippen MR) is 108 cm³/mol. The van der Waals surface area contributed by atoms with Crippen LogP contribution < -0.4 is 0 Å². The van der Waals surface area contributed by atoms with E-state index in [4.69, 9.17) is 0 Å². The number of rotatable bonds is 12. The van der Waals surface area contributed by atoms with E-state index < -0.39 is 35.1 Å². The molecule has 0 amide bonds. The van der Waals surface area contributed by atoms with Crippen LogP contribution in [0.15, 0.2) is 0 Å². The maximum atomic E-state index is 3.59. The summed E-state index contributed by atoms with van der Waals surface area (Å²) in [7, 11) is 0. The zero-order valence-corrected chi connectivity index (χ0v) is 23.1. The van der Waals surface area contributed by atoms with Gasteiger partial charge in [-0.2, -0.15) is 0 Å². The molecule has 0 atom stereocenters. The van der Waals surface area contributed by atoms with Gasteiger partial charge < -0.3 is 0 Å². The predicted octanol–water partition coefficient (Wildman–Crippen LogP) is 7.95. The summed E-state index contributed by atoms with van der Waals surface area (Å²) < 4.78 is 6.47. The zero-order valence-electron chi connectivity index (χ0n) is 14.2. The van der Waals surface area contributed by atoms with Crippen LogP contribution in [-0.2, 0) is 0 Å². The molecule has 0 heterocycles. The van der Waals surface area contributed by atoms with E-state index in [2.05, 4.69) is 53.1 Å². The molecule has 122 valence electrons. The van der Waals surface area contributed by atoms with Crippen LogP contribution in [0.1, 0.15) is 79.1 Å². The Labute approximate surface area is 155 Å². The number of unbranched alkanes of at least 4 members (excludes halogenated alkanes) is 4. The fourth-order valence-corrected chi connectivity index (χ4v) is 16.9. The molecule has 0 fully saturated rings. The van der Waals surface area contributed by atoms with E-state index in [-0.39, 0.29) is 0 Å². The molecule has 0 N–H and O–H groups in total. The Hall–Kier alpha value is 2.56. The van der Waals surface area contributed by atoms with Crippen molar-refractivity contribution in [3.63, 3.8) is 0 Å². The fourth-order valence-electron chi connectivity index (χ4n) is 1.97. The Morgan fingerprint density at radius 2 is 0.850 bits per heavy atom. The molecule has 20 heavy (non-hydrogen) atoms. The Balaban J connectivity index is 0. The SMILES string of the molecule is CCC[CH2][Sn]([Br])[Br].CCC[CH2][Sn]([CH2]CCC)[CH2]CCC. The molecule has 0 aliphatic heterocycles. The standard InChI is InChI=1S/4C4H9.2BrH.2Sn/c4*1-3-4-2;;;;/h4*1,3-4H2,2H3;2*1H;;/q;;;;;;;+2/p-2. The molecule has 0 bridgehead atoms. The summed E-state index contributed by atoms with van der Waals surface area (Å²) in [6, 6.07) is 0. The minimum absolute atomic E-state index is 0.839. The summed E-state index contributed by atoms with van der Waals surface area (Å²) in [5, 5.41) is 0. The van der Waals surface area contributed by atoms with E-state index in [9.17, 15) is 0 Å². The first-order valence-corrected chi connectivity index (χ1v) is 29.5. The first-order valence-electron chi connectivity index (χ1n) is 8.62. The Kier molecular flexibility index (Phi) is 26.7. The maximum absolute atomic E-state index is 3.59. The van der Waals surface area contributed by atoms with Crippen LogP contribution in [0.5, 0.6) is 0 Å². The van der Waals surface area contributed by atoms with Crippen LogP contribution in [-0.4, -0.2) is 35.1 Å². The van der Waals surface area contributed by atoms with E-state index in [1.807, 2.05) is 0 Å². The second-order valence-corrected chi connectivity index (χ2v) is 37.4. The monoisotopic (exact) mass is 626 g/mol. The zero-order chi connectivity index (χ0) is 15.6. The van der Waals surface area contributed by atoms with Gasteiger partial charge in [-0.3, -0.25) is 0 Å². The second kappa shape index (κ2) is 21.6. The molecule has 0 aromatic heterocycles. The van der Waals surface area contributed by atoms with E-state index >= 15 is 0 Å². The van der Waals surface area contributed by atoms with Gasteiger partial charge >= 0.3 is 157 Å². The molecule has 0 aliphatic carbocycles. The molecule has 2 radical (unpaired) electrons. The van der Waals surface area contributed by atoms with Gasteiger partial charge in [0.05, 0.1) is 0 Å². The number of halogens is 2. The molecule has 0 aromatic carbocycles. The average molecular weight is 626 g/mol. The average Bonchev–Trinajstić information content (AvgIpc) is 2.45. The van der Waals surface area contributed by atoms with Crippen LogP contribution in [0.2, 0.25) is 17.7 Å². The van der Waals surface area contributed by atoms with Gasteiger partial charge in [0.25, 0.3) is 0 Å². The Morgan fingerprint density at radius 3 is 1.05 bits per heavy atom. The van der Waals surface area contributed by atoms with Gasteiger partial charge in [0.1, 0.15) is 0 Å². The van der Waals surface area contributed by atoms with Crippen molar-refractivity contribution in [1.82, 2.24) is 0 Å². The van der Waals surface area contributed by atoms with Crippen molar-refractivity contribution >= 4 is 60.5 Å². The van der Waals surface area contributed by atoms with E-state index in [0.717, 1.165) is 0 Å². The van der Waals surface area contributed by atoms with Crippen LogP contribution >= 0.6 is 25.4 Å². The van der Waals surface area contributed by atoms with E-state index in [1.54, 1.807) is 13.3 Å². The van der Waals surface area contributed by atoms with Crippen molar-refractivity contribution in [2.24, 2.45) is 0 Å². The number of hydrogen-bond acceptors (Lipinski definition) is 0. The quantitative estimate of drug-likeness (QED) is 0.193. The first-order chi connectivity index (χ1) is 9.62. The molecular formula is C16H36Br2Sn2. The third-order valence-corrected chi connectivity index (χ3v) is 19.9. The first kappa shape index (κ1) is 24.8. The van der Waals surface area contributed by atoms with Gasteiger partial charge in [-0.15, -0.1) is 0 Å². The van der Waals surface area contributed by atoms with Crippen molar-refractivity contribution in [1.29, 1.82) is 0 Å². The Morgan fingerprint density at radius 1 is 0.550 bits per heavy atom. The van der Waals surface area contributed by atoms with Crippen molar-refractivity contribution in [3.8, 4) is 0 Å². The molecule has 0 spiro atoms. The summed E-state index contributed by atoms with van der Waals surface area (Å²) in [5.74, 6) is 0. The van der Waals surface area contributed by atoms with Crippen molar-refractivity contribution in [2.75, 3.05) is 0 Å². The van der Waals surface area contributed by atoms with Gasteiger partial charge in [0.15, 0.2) is 0 Å². The molecule has 0 saturated heterocycles. The van der Waals surface area contributed by atoms with Crippen molar-refractivity contribution < 1.29 is 0 Å².